The van der Waals surface area contributed by atoms with Crippen LogP contribution in [0.1, 0.15) is 24.0 Å². The summed E-state index contributed by atoms with van der Waals surface area (Å²) in [7, 11) is 0. The summed E-state index contributed by atoms with van der Waals surface area (Å²) in [6, 6.07) is 10.6. The largest absolute Gasteiger partial charge is 0.480 e. The summed E-state index contributed by atoms with van der Waals surface area (Å²) in [5.41, 5.74) is 8.92. The van der Waals surface area contributed by atoms with Crippen LogP contribution in [0.25, 0.3) is 21.8 Å². The summed E-state index contributed by atoms with van der Waals surface area (Å²) in [5, 5.41) is 26.5. The average molecular weight is 575 g/mol. The molecule has 0 bridgehead atoms. The lowest BCUT2D eigenvalue weighted by Gasteiger charge is -2.28. The number of likely N-dealkylation sites (tertiary alicyclic amines) is 1. The number of nitrogens with one attached hydrogen (secondary N) is 4. The quantitative estimate of drug-likeness (QED) is 0.138. The molecule has 0 aliphatic carbocycles. The zero-order chi connectivity index (χ0) is 29.8. The number of carbonyl (C=O) groups is 4. The number of aliphatic carboxylic acids is 1. The number of aromatic amines is 2. The standard InChI is InChI=1S/C30H34N6O6/c31-21(16-37)29(40)36-11-5-10-26(36)28(39)34-24(12-17-14-32-22-8-3-1-6-19(17)22)27(38)35-25(30(41)42)13-18-15-33-23-9-4-2-7-20(18)23/h1-4,6-9,14-15,21,24-26,32-33,37H,5,10-13,16,31H2,(H,34,39)(H,35,38)(H,41,42). The zero-order valence-electron chi connectivity index (χ0n) is 22.9. The highest BCUT2D eigenvalue weighted by Gasteiger charge is 2.38. The van der Waals surface area contributed by atoms with Crippen molar-refractivity contribution in [1.29, 1.82) is 0 Å². The van der Waals surface area contributed by atoms with Gasteiger partial charge in [-0.15, -0.1) is 0 Å². The van der Waals surface area contributed by atoms with Gasteiger partial charge in [-0.3, -0.25) is 14.4 Å². The molecule has 1 aliphatic rings. The number of para-hydroxylation sites is 2. The van der Waals surface area contributed by atoms with Gasteiger partial charge in [0.2, 0.25) is 17.7 Å². The van der Waals surface area contributed by atoms with Gasteiger partial charge in [0.25, 0.3) is 0 Å². The van der Waals surface area contributed by atoms with E-state index in [0.717, 1.165) is 32.9 Å². The Morgan fingerprint density at radius 1 is 0.905 bits per heavy atom. The molecule has 1 saturated heterocycles. The van der Waals surface area contributed by atoms with E-state index in [1.165, 1.54) is 4.90 Å². The topological polar surface area (TPSA) is 194 Å². The van der Waals surface area contributed by atoms with Gasteiger partial charge in [-0.25, -0.2) is 4.79 Å². The Labute approximate surface area is 241 Å². The summed E-state index contributed by atoms with van der Waals surface area (Å²) in [6.07, 6.45) is 4.52. The smallest absolute Gasteiger partial charge is 0.326 e. The van der Waals surface area contributed by atoms with E-state index in [-0.39, 0.29) is 12.8 Å². The first-order chi connectivity index (χ1) is 20.3. The Hall–Kier alpha value is -4.68. The first-order valence-electron chi connectivity index (χ1n) is 13.9. The highest BCUT2D eigenvalue weighted by atomic mass is 16.4. The lowest BCUT2D eigenvalue weighted by molar-refractivity contribution is -0.143. The lowest BCUT2D eigenvalue weighted by atomic mass is 10.0. The molecule has 42 heavy (non-hydrogen) atoms. The summed E-state index contributed by atoms with van der Waals surface area (Å²) in [4.78, 5) is 59.7. The Bertz CT molecular complexity index is 1610. The number of aliphatic hydroxyl groups is 1. The van der Waals surface area contributed by atoms with Gasteiger partial charge in [0, 0.05) is 53.6 Å². The number of hydrogen-bond acceptors (Lipinski definition) is 6. The van der Waals surface area contributed by atoms with Gasteiger partial charge in [-0.05, 0) is 36.1 Å². The first-order valence-corrected chi connectivity index (χ1v) is 13.9. The molecule has 12 heteroatoms. The molecule has 2 aromatic heterocycles. The minimum absolute atomic E-state index is 0.0305. The maximum atomic E-state index is 13.7. The third-order valence-corrected chi connectivity index (χ3v) is 7.80. The number of carbonyl (C=O) groups excluding carboxylic acids is 3. The molecule has 8 N–H and O–H groups in total. The number of carboxylic acids is 1. The Morgan fingerprint density at radius 3 is 2.05 bits per heavy atom. The maximum absolute atomic E-state index is 13.7. The maximum Gasteiger partial charge on any atom is 0.326 e. The molecule has 220 valence electrons. The fourth-order valence-corrected chi connectivity index (χ4v) is 5.58. The van der Waals surface area contributed by atoms with Crippen LogP contribution in [-0.4, -0.2) is 86.1 Å². The number of hydrogen-bond donors (Lipinski definition) is 7. The van der Waals surface area contributed by atoms with Crippen molar-refractivity contribution >= 4 is 45.5 Å². The van der Waals surface area contributed by atoms with E-state index < -0.39 is 54.5 Å². The number of carboxylic acid groups (broad SMARTS) is 1. The van der Waals surface area contributed by atoms with Gasteiger partial charge in [0.15, 0.2) is 0 Å². The molecule has 0 radical (unpaired) electrons. The van der Waals surface area contributed by atoms with E-state index in [1.54, 1.807) is 12.4 Å². The van der Waals surface area contributed by atoms with Crippen LogP contribution in [0, 0.1) is 0 Å². The molecule has 0 saturated carbocycles. The van der Waals surface area contributed by atoms with Gasteiger partial charge in [-0.1, -0.05) is 36.4 Å². The molecular weight excluding hydrogens is 540 g/mol. The van der Waals surface area contributed by atoms with E-state index in [4.69, 9.17) is 5.73 Å². The Balaban J connectivity index is 1.38. The second-order valence-corrected chi connectivity index (χ2v) is 10.6. The molecule has 12 nitrogen and oxygen atoms in total. The highest BCUT2D eigenvalue weighted by Crippen LogP contribution is 2.22. The van der Waals surface area contributed by atoms with Gasteiger partial charge < -0.3 is 41.4 Å². The summed E-state index contributed by atoms with van der Waals surface area (Å²) < 4.78 is 0. The molecule has 2 aromatic carbocycles. The molecule has 4 unspecified atom stereocenters. The van der Waals surface area contributed by atoms with Crippen LogP contribution in [-0.2, 0) is 32.0 Å². The third kappa shape index (κ3) is 5.99. The third-order valence-electron chi connectivity index (χ3n) is 7.80. The van der Waals surface area contributed by atoms with Gasteiger partial charge in [0.05, 0.1) is 6.61 Å². The molecule has 3 heterocycles. The van der Waals surface area contributed by atoms with Crippen molar-refractivity contribution in [3.8, 4) is 0 Å². The number of fused-ring (bicyclic) bond motifs is 2. The predicted molar refractivity (Wildman–Crippen MR) is 155 cm³/mol. The van der Waals surface area contributed by atoms with E-state index in [0.29, 0.717) is 19.4 Å². The van der Waals surface area contributed by atoms with Crippen molar-refractivity contribution in [3.63, 3.8) is 0 Å². The van der Waals surface area contributed by atoms with E-state index in [1.807, 2.05) is 48.5 Å². The minimum Gasteiger partial charge on any atom is -0.480 e. The van der Waals surface area contributed by atoms with Crippen molar-refractivity contribution in [2.45, 2.75) is 49.9 Å². The second kappa shape index (κ2) is 12.5. The number of H-pyrrole nitrogens is 2. The van der Waals surface area contributed by atoms with E-state index >= 15 is 0 Å². The van der Waals surface area contributed by atoms with Gasteiger partial charge >= 0.3 is 5.97 Å². The summed E-state index contributed by atoms with van der Waals surface area (Å²) in [6.45, 7) is -0.252. The fourth-order valence-electron chi connectivity index (χ4n) is 5.58. The van der Waals surface area contributed by atoms with Crippen molar-refractivity contribution in [2.24, 2.45) is 5.73 Å². The van der Waals surface area contributed by atoms with Crippen LogP contribution in [0.5, 0.6) is 0 Å². The predicted octanol–water partition coefficient (Wildman–Crippen LogP) is 0.799. The normalized spacial score (nSPS) is 17.2. The fraction of sp³-hybridized carbons (Fsp3) is 0.333. The number of nitrogens with zero attached hydrogens (tertiary/aromatic N) is 1. The molecule has 0 spiro atoms. The van der Waals surface area contributed by atoms with Crippen LogP contribution >= 0.6 is 0 Å². The van der Waals surface area contributed by atoms with Crippen LogP contribution in [0.2, 0.25) is 0 Å². The Kier molecular flexibility index (Phi) is 8.55. The molecule has 3 amide bonds. The van der Waals surface area contributed by atoms with Crippen molar-refractivity contribution in [2.75, 3.05) is 13.2 Å². The molecule has 4 atom stereocenters. The van der Waals surface area contributed by atoms with E-state index in [9.17, 15) is 29.4 Å². The van der Waals surface area contributed by atoms with Crippen LogP contribution < -0.4 is 16.4 Å². The van der Waals surface area contributed by atoms with Crippen LogP contribution in [0.3, 0.4) is 0 Å². The lowest BCUT2D eigenvalue weighted by Crippen LogP contribution is -2.57. The number of benzene rings is 2. The van der Waals surface area contributed by atoms with Crippen molar-refractivity contribution < 1.29 is 29.4 Å². The van der Waals surface area contributed by atoms with Crippen molar-refractivity contribution in [3.05, 3.63) is 72.1 Å². The molecule has 5 rings (SSSR count). The minimum atomic E-state index is -1.26. The van der Waals surface area contributed by atoms with Gasteiger partial charge in [0.1, 0.15) is 24.2 Å². The first kappa shape index (κ1) is 28.8. The average Bonchev–Trinajstić information content (AvgIpc) is 3.74. The van der Waals surface area contributed by atoms with Crippen LogP contribution in [0.15, 0.2) is 60.9 Å². The molecule has 1 fully saturated rings. The Morgan fingerprint density at radius 2 is 1.48 bits per heavy atom. The monoisotopic (exact) mass is 574 g/mol. The van der Waals surface area contributed by atoms with Gasteiger partial charge in [-0.2, -0.15) is 0 Å². The van der Waals surface area contributed by atoms with Crippen LogP contribution in [0.4, 0.5) is 0 Å². The molecule has 1 aliphatic heterocycles. The molecular formula is C30H34N6O6. The molecule has 4 aromatic rings. The highest BCUT2D eigenvalue weighted by molar-refractivity contribution is 5.95. The number of aromatic nitrogens is 2. The van der Waals surface area contributed by atoms with Crippen molar-refractivity contribution in [1.82, 2.24) is 25.5 Å². The van der Waals surface area contributed by atoms with E-state index in [2.05, 4.69) is 20.6 Å². The number of rotatable bonds is 11. The summed E-state index contributed by atoms with van der Waals surface area (Å²) >= 11 is 0. The zero-order valence-corrected chi connectivity index (χ0v) is 22.9. The second-order valence-electron chi connectivity index (χ2n) is 10.6. The number of amides is 3. The SMILES string of the molecule is NC(CO)C(=O)N1CCCC1C(=O)NC(Cc1c[nH]c2ccccc12)C(=O)NC(Cc1c[nH]c2ccccc12)C(=O)O. The number of aliphatic hydroxyl groups excluding tert-OH is 1. The summed E-state index contributed by atoms with van der Waals surface area (Å²) in [5.74, 6) is -2.97. The number of nitrogens with two attached hydrogens (primary N) is 1.